The molecule has 3 aromatic carbocycles. The minimum Gasteiger partial charge on any atom is -0.494 e. The third-order valence-electron chi connectivity index (χ3n) is 6.97. The molecule has 0 saturated heterocycles. The van der Waals surface area contributed by atoms with Crippen molar-refractivity contribution in [2.24, 2.45) is 0 Å². The molecule has 1 atom stereocenters. The van der Waals surface area contributed by atoms with Crippen LogP contribution in [0.5, 0.6) is 5.75 Å². The molecule has 1 aliphatic rings. The molecular formula is C32H38N2O3. The van der Waals surface area contributed by atoms with E-state index in [1.807, 2.05) is 91.0 Å². The molecule has 4 rings (SSSR count). The number of nitrogens with zero attached hydrogens (tertiary/aromatic N) is 1. The van der Waals surface area contributed by atoms with Crippen LogP contribution in [0.2, 0.25) is 0 Å². The number of benzene rings is 3. The van der Waals surface area contributed by atoms with Crippen LogP contribution in [0.3, 0.4) is 0 Å². The maximum absolute atomic E-state index is 13.7. The van der Waals surface area contributed by atoms with Crippen LogP contribution >= 0.6 is 0 Å². The highest BCUT2D eigenvalue weighted by Crippen LogP contribution is 2.20. The first-order chi connectivity index (χ1) is 18.2. The van der Waals surface area contributed by atoms with E-state index in [1.165, 1.54) is 6.42 Å². The smallest absolute Gasteiger partial charge is 0.243 e. The SMILES string of the molecule is O=C(NC1CCCCC1)[C@@H](Cc1ccccc1)N(Cc1ccccc1)C(=O)CCCOc1ccccc1. The van der Waals surface area contributed by atoms with Gasteiger partial charge in [0.15, 0.2) is 0 Å². The fraction of sp³-hybridized carbons (Fsp3) is 0.375. The monoisotopic (exact) mass is 498 g/mol. The maximum atomic E-state index is 13.7. The quantitative estimate of drug-likeness (QED) is 0.315. The van der Waals surface area contributed by atoms with Crippen LogP contribution < -0.4 is 10.1 Å². The summed E-state index contributed by atoms with van der Waals surface area (Å²) in [5, 5.41) is 3.29. The van der Waals surface area contributed by atoms with Gasteiger partial charge < -0.3 is 15.0 Å². The fourth-order valence-corrected chi connectivity index (χ4v) is 4.95. The van der Waals surface area contributed by atoms with Crippen LogP contribution in [-0.4, -0.2) is 35.4 Å². The predicted molar refractivity (Wildman–Crippen MR) is 147 cm³/mol. The lowest BCUT2D eigenvalue weighted by molar-refractivity contribution is -0.141. The first-order valence-corrected chi connectivity index (χ1v) is 13.5. The zero-order chi connectivity index (χ0) is 25.7. The van der Waals surface area contributed by atoms with Crippen molar-refractivity contribution in [2.75, 3.05) is 6.61 Å². The molecule has 37 heavy (non-hydrogen) atoms. The Morgan fingerprint density at radius 2 is 1.41 bits per heavy atom. The van der Waals surface area contributed by atoms with Crippen molar-refractivity contribution in [3.05, 3.63) is 102 Å². The van der Waals surface area contributed by atoms with E-state index in [-0.39, 0.29) is 17.9 Å². The number of hydrogen-bond acceptors (Lipinski definition) is 3. The summed E-state index contributed by atoms with van der Waals surface area (Å²) in [6.45, 7) is 0.849. The van der Waals surface area contributed by atoms with Gasteiger partial charge in [-0.15, -0.1) is 0 Å². The number of para-hydroxylation sites is 1. The molecule has 0 aliphatic heterocycles. The Morgan fingerprint density at radius 1 is 0.811 bits per heavy atom. The van der Waals surface area contributed by atoms with E-state index in [9.17, 15) is 9.59 Å². The molecule has 2 amide bonds. The number of rotatable bonds is 12. The molecule has 0 radical (unpaired) electrons. The van der Waals surface area contributed by atoms with Crippen LogP contribution in [0.1, 0.15) is 56.1 Å². The first-order valence-electron chi connectivity index (χ1n) is 13.5. The molecular weight excluding hydrogens is 460 g/mol. The molecule has 3 aromatic rings. The molecule has 0 unspecified atom stereocenters. The van der Waals surface area contributed by atoms with Crippen molar-refractivity contribution >= 4 is 11.8 Å². The molecule has 0 aromatic heterocycles. The largest absolute Gasteiger partial charge is 0.494 e. The summed E-state index contributed by atoms with van der Waals surface area (Å²) in [6.07, 6.45) is 6.91. The molecule has 1 N–H and O–H groups in total. The van der Waals surface area contributed by atoms with Crippen molar-refractivity contribution in [1.29, 1.82) is 0 Å². The van der Waals surface area contributed by atoms with Gasteiger partial charge in [0.25, 0.3) is 0 Å². The van der Waals surface area contributed by atoms with Gasteiger partial charge in [-0.1, -0.05) is 98.1 Å². The van der Waals surface area contributed by atoms with E-state index in [0.717, 1.165) is 42.6 Å². The van der Waals surface area contributed by atoms with Crippen LogP contribution in [0.15, 0.2) is 91.0 Å². The van der Waals surface area contributed by atoms with E-state index in [0.29, 0.717) is 32.4 Å². The highest BCUT2D eigenvalue weighted by atomic mass is 16.5. The Balaban J connectivity index is 1.50. The van der Waals surface area contributed by atoms with Crippen LogP contribution in [0, 0.1) is 0 Å². The molecule has 0 spiro atoms. The lowest BCUT2D eigenvalue weighted by Crippen LogP contribution is -2.52. The molecule has 5 nitrogen and oxygen atoms in total. The number of carbonyl (C=O) groups is 2. The minimum atomic E-state index is -0.577. The summed E-state index contributed by atoms with van der Waals surface area (Å²) in [4.78, 5) is 29.2. The van der Waals surface area contributed by atoms with Gasteiger partial charge in [0.05, 0.1) is 6.61 Å². The standard InChI is InChI=1S/C32H38N2O3/c35-31(22-13-23-37-29-20-11-4-12-21-29)34(25-27-16-7-2-8-17-27)30(24-26-14-5-1-6-15-26)32(36)33-28-18-9-3-10-19-28/h1-2,4-8,11-12,14-17,20-21,28,30H,3,9-10,13,18-19,22-25H2,(H,33,36)/t30-/m1/s1. The lowest BCUT2D eigenvalue weighted by Gasteiger charge is -2.33. The summed E-state index contributed by atoms with van der Waals surface area (Å²) in [7, 11) is 0. The first kappa shape index (κ1) is 26.5. The highest BCUT2D eigenvalue weighted by molar-refractivity contribution is 5.88. The Labute approximate surface area is 220 Å². The molecule has 1 saturated carbocycles. The predicted octanol–water partition coefficient (Wildman–Crippen LogP) is 5.93. The Kier molecular flexibility index (Phi) is 10.2. The van der Waals surface area contributed by atoms with Gasteiger partial charge in [-0.2, -0.15) is 0 Å². The van der Waals surface area contributed by atoms with Crippen molar-refractivity contribution in [3.8, 4) is 5.75 Å². The Morgan fingerprint density at radius 3 is 2.05 bits per heavy atom. The zero-order valence-corrected chi connectivity index (χ0v) is 21.6. The molecule has 1 fully saturated rings. The van der Waals surface area contributed by atoms with Gasteiger partial charge in [-0.3, -0.25) is 9.59 Å². The second-order valence-corrected chi connectivity index (χ2v) is 9.82. The molecule has 0 bridgehead atoms. The van der Waals surface area contributed by atoms with Crippen molar-refractivity contribution in [3.63, 3.8) is 0 Å². The molecule has 1 aliphatic carbocycles. The second kappa shape index (κ2) is 14.2. The summed E-state index contributed by atoms with van der Waals surface area (Å²) >= 11 is 0. The third-order valence-corrected chi connectivity index (χ3v) is 6.97. The van der Waals surface area contributed by atoms with Crippen LogP contribution in [0.25, 0.3) is 0 Å². The summed E-state index contributed by atoms with van der Waals surface area (Å²) in [6, 6.07) is 29.2. The van der Waals surface area contributed by atoms with E-state index < -0.39 is 6.04 Å². The van der Waals surface area contributed by atoms with E-state index >= 15 is 0 Å². The minimum absolute atomic E-state index is 0.0276. The van der Waals surface area contributed by atoms with Gasteiger partial charge in [-0.25, -0.2) is 0 Å². The normalized spacial score (nSPS) is 14.5. The van der Waals surface area contributed by atoms with E-state index in [1.54, 1.807) is 4.90 Å². The summed E-state index contributed by atoms with van der Waals surface area (Å²) in [5.41, 5.74) is 2.06. The van der Waals surface area contributed by atoms with Gasteiger partial charge in [0.1, 0.15) is 11.8 Å². The van der Waals surface area contributed by atoms with E-state index in [4.69, 9.17) is 4.74 Å². The van der Waals surface area contributed by atoms with Gasteiger partial charge in [0, 0.05) is 25.4 Å². The number of nitrogens with one attached hydrogen (secondary N) is 1. The topological polar surface area (TPSA) is 58.6 Å². The van der Waals surface area contributed by atoms with E-state index in [2.05, 4.69) is 5.32 Å². The van der Waals surface area contributed by atoms with Crippen molar-refractivity contribution < 1.29 is 14.3 Å². The third kappa shape index (κ3) is 8.49. The lowest BCUT2D eigenvalue weighted by atomic mass is 9.94. The van der Waals surface area contributed by atoms with Crippen LogP contribution in [-0.2, 0) is 22.6 Å². The number of carbonyl (C=O) groups excluding carboxylic acids is 2. The van der Waals surface area contributed by atoms with Crippen molar-refractivity contribution in [1.82, 2.24) is 10.2 Å². The average molecular weight is 499 g/mol. The number of amides is 2. The highest BCUT2D eigenvalue weighted by Gasteiger charge is 2.31. The van der Waals surface area contributed by atoms with Gasteiger partial charge >= 0.3 is 0 Å². The second-order valence-electron chi connectivity index (χ2n) is 9.82. The Hall–Kier alpha value is -3.60. The van der Waals surface area contributed by atoms with Gasteiger partial charge in [0.2, 0.25) is 11.8 Å². The zero-order valence-electron chi connectivity index (χ0n) is 21.6. The van der Waals surface area contributed by atoms with Crippen molar-refractivity contribution in [2.45, 2.75) is 70.0 Å². The van der Waals surface area contributed by atoms with Gasteiger partial charge in [-0.05, 0) is 42.5 Å². The Bertz CT molecular complexity index is 1080. The fourth-order valence-electron chi connectivity index (χ4n) is 4.95. The average Bonchev–Trinajstić information content (AvgIpc) is 2.95. The summed E-state index contributed by atoms with van der Waals surface area (Å²) < 4.78 is 5.81. The number of hydrogen-bond donors (Lipinski definition) is 1. The molecule has 5 heteroatoms. The molecule has 194 valence electrons. The summed E-state index contributed by atoms with van der Waals surface area (Å²) in [5.74, 6) is 0.714. The molecule has 0 heterocycles. The van der Waals surface area contributed by atoms with Crippen LogP contribution in [0.4, 0.5) is 0 Å². The maximum Gasteiger partial charge on any atom is 0.243 e. The number of ether oxygens (including phenoxy) is 1.